The minimum atomic E-state index is -0.683. The molecule has 0 spiro atoms. The summed E-state index contributed by atoms with van der Waals surface area (Å²) in [6.07, 6.45) is 0. The Balaban J connectivity index is 1.53. The van der Waals surface area contributed by atoms with Crippen LogP contribution in [-0.2, 0) is 4.79 Å². The number of hydrogen-bond acceptors (Lipinski definition) is 5. The number of rotatable bonds is 6. The maximum atomic E-state index is 12.9. The molecule has 0 radical (unpaired) electrons. The topological polar surface area (TPSA) is 61.4 Å². The van der Waals surface area contributed by atoms with E-state index in [1.54, 1.807) is 0 Å². The lowest BCUT2D eigenvalue weighted by Gasteiger charge is -2.15. The largest absolute Gasteiger partial charge is 0.383 e. The Bertz CT molecular complexity index is 765. The van der Waals surface area contributed by atoms with Crippen molar-refractivity contribution >= 4 is 34.3 Å². The van der Waals surface area contributed by atoms with Crippen molar-refractivity contribution in [3.63, 3.8) is 0 Å². The van der Waals surface area contributed by atoms with Crippen molar-refractivity contribution in [3.8, 4) is 0 Å². The number of hydrogen-bond donors (Lipinski definition) is 2. The Hall–Kier alpha value is -2.54. The maximum absolute atomic E-state index is 12.9. The molecule has 0 aliphatic carbocycles. The van der Waals surface area contributed by atoms with E-state index in [0.717, 1.165) is 17.4 Å². The monoisotopic (exact) mass is 359 g/mol. The molecule has 3 rings (SSSR count). The number of thioether (sulfide) groups is 1. The Morgan fingerprint density at radius 2 is 1.68 bits per heavy atom. The van der Waals surface area contributed by atoms with E-state index in [9.17, 15) is 14.0 Å². The summed E-state index contributed by atoms with van der Waals surface area (Å²) in [6.45, 7) is 2.78. The van der Waals surface area contributed by atoms with Crippen molar-refractivity contribution in [3.05, 3.63) is 59.9 Å². The van der Waals surface area contributed by atoms with Crippen molar-refractivity contribution in [2.75, 3.05) is 23.7 Å². The van der Waals surface area contributed by atoms with E-state index >= 15 is 0 Å². The molecular formula is C18H18FN3O2S. The predicted molar refractivity (Wildman–Crippen MR) is 98.2 cm³/mol. The van der Waals surface area contributed by atoms with Gasteiger partial charge in [-0.05, 0) is 55.1 Å². The molecule has 1 aliphatic rings. The Kier molecular flexibility index (Phi) is 5.23. The van der Waals surface area contributed by atoms with E-state index in [1.165, 1.54) is 34.7 Å². The summed E-state index contributed by atoms with van der Waals surface area (Å²) in [6, 6.07) is 13.6. The van der Waals surface area contributed by atoms with Gasteiger partial charge < -0.3 is 10.6 Å². The lowest BCUT2D eigenvalue weighted by atomic mass is 10.2. The average Bonchev–Trinajstić information content (AvgIpc) is 2.86. The van der Waals surface area contributed by atoms with Crippen molar-refractivity contribution in [2.24, 2.45) is 0 Å². The molecule has 1 fully saturated rings. The van der Waals surface area contributed by atoms with E-state index in [4.69, 9.17) is 0 Å². The number of carbonyl (C=O) groups excluding carboxylic acids is 2. The molecule has 0 aromatic heterocycles. The summed E-state index contributed by atoms with van der Waals surface area (Å²) < 4.78 is 12.9. The molecule has 2 N–H and O–H groups in total. The summed E-state index contributed by atoms with van der Waals surface area (Å²) in [5.74, 6) is -0.638. The highest BCUT2D eigenvalue weighted by Crippen LogP contribution is 2.28. The molecule has 7 heteroatoms. The summed E-state index contributed by atoms with van der Waals surface area (Å²) in [7, 11) is 0. The highest BCUT2D eigenvalue weighted by atomic mass is 32.2. The number of nitrogens with one attached hydrogen (secondary N) is 2. The fourth-order valence-electron chi connectivity index (χ4n) is 2.42. The lowest BCUT2D eigenvalue weighted by Crippen LogP contribution is -2.37. The summed E-state index contributed by atoms with van der Waals surface area (Å²) >= 11 is 0.934. The quantitative estimate of drug-likeness (QED) is 0.824. The second-order valence-electron chi connectivity index (χ2n) is 5.70. The smallest absolute Gasteiger partial charge is 0.290 e. The zero-order valence-electron chi connectivity index (χ0n) is 13.7. The second-order valence-corrected chi connectivity index (χ2v) is 6.75. The molecule has 1 saturated heterocycles. The van der Waals surface area contributed by atoms with Crippen LogP contribution < -0.4 is 10.6 Å². The number of imide groups is 1. The third-order valence-corrected chi connectivity index (χ3v) is 4.76. The van der Waals surface area contributed by atoms with Crippen LogP contribution in [0.5, 0.6) is 0 Å². The molecule has 1 heterocycles. The number of benzene rings is 2. The summed E-state index contributed by atoms with van der Waals surface area (Å²) in [5, 5.41) is 5.18. The number of halogens is 1. The van der Waals surface area contributed by atoms with Gasteiger partial charge in [0.2, 0.25) is 0 Å². The minimum absolute atomic E-state index is 0.282. The van der Waals surface area contributed by atoms with Crippen LogP contribution in [0.15, 0.2) is 48.5 Å². The van der Waals surface area contributed by atoms with Crippen LogP contribution in [0.3, 0.4) is 0 Å². The fraction of sp³-hybridized carbons (Fsp3) is 0.222. The van der Waals surface area contributed by atoms with Gasteiger partial charge in [0.1, 0.15) is 5.82 Å². The molecule has 0 bridgehead atoms. The van der Waals surface area contributed by atoms with Crippen LogP contribution in [0.1, 0.15) is 5.56 Å². The first kappa shape index (κ1) is 17.3. The first-order valence-corrected chi connectivity index (χ1v) is 8.75. The number of aryl methyl sites for hydroxylation is 1. The molecule has 0 saturated carbocycles. The third kappa shape index (κ3) is 4.30. The van der Waals surface area contributed by atoms with Crippen LogP contribution in [-0.4, -0.2) is 34.5 Å². The van der Waals surface area contributed by atoms with E-state index in [1.807, 2.05) is 31.2 Å². The SMILES string of the molecule is Cc1ccc(NCCN2C(=O)S[C@@H](Nc3ccc(F)cc3)C2=O)cc1. The number of amides is 2. The zero-order chi connectivity index (χ0) is 17.8. The number of anilines is 2. The van der Waals surface area contributed by atoms with Gasteiger partial charge in [-0.25, -0.2) is 4.39 Å². The van der Waals surface area contributed by atoms with Crippen molar-refractivity contribution < 1.29 is 14.0 Å². The molecule has 5 nitrogen and oxygen atoms in total. The van der Waals surface area contributed by atoms with E-state index in [2.05, 4.69) is 10.6 Å². The van der Waals surface area contributed by atoms with Gasteiger partial charge in [-0.1, -0.05) is 17.7 Å². The van der Waals surface area contributed by atoms with Crippen LogP contribution in [0.4, 0.5) is 20.6 Å². The molecule has 1 aliphatic heterocycles. The van der Waals surface area contributed by atoms with Crippen LogP contribution in [0, 0.1) is 12.7 Å². The molecule has 25 heavy (non-hydrogen) atoms. The molecule has 2 aromatic rings. The van der Waals surface area contributed by atoms with Gasteiger partial charge in [-0.3, -0.25) is 14.5 Å². The molecular weight excluding hydrogens is 341 g/mol. The van der Waals surface area contributed by atoms with Gasteiger partial charge in [-0.15, -0.1) is 0 Å². The highest BCUT2D eigenvalue weighted by molar-refractivity contribution is 8.15. The first-order chi connectivity index (χ1) is 12.0. The van der Waals surface area contributed by atoms with Gasteiger partial charge in [-0.2, -0.15) is 0 Å². The standard InChI is InChI=1S/C18H18FN3O2S/c1-12-2-6-14(7-3-12)20-10-11-22-17(23)16(25-18(22)24)21-15-8-4-13(19)5-9-15/h2-9,16,20-21H,10-11H2,1H3/t16-/m1/s1. The molecule has 1 atom stereocenters. The molecule has 0 unspecified atom stereocenters. The Labute approximate surface area is 149 Å². The molecule has 2 amide bonds. The van der Waals surface area contributed by atoms with Crippen LogP contribution in [0.2, 0.25) is 0 Å². The van der Waals surface area contributed by atoms with Gasteiger partial charge in [0, 0.05) is 24.5 Å². The predicted octanol–water partition coefficient (Wildman–Crippen LogP) is 3.68. The summed E-state index contributed by atoms with van der Waals surface area (Å²) in [5.41, 5.74) is 2.71. The Morgan fingerprint density at radius 1 is 1.04 bits per heavy atom. The maximum Gasteiger partial charge on any atom is 0.290 e. The summed E-state index contributed by atoms with van der Waals surface area (Å²) in [4.78, 5) is 25.7. The minimum Gasteiger partial charge on any atom is -0.383 e. The van der Waals surface area contributed by atoms with Gasteiger partial charge in [0.05, 0.1) is 0 Å². The zero-order valence-corrected chi connectivity index (χ0v) is 14.5. The van der Waals surface area contributed by atoms with E-state index in [0.29, 0.717) is 18.8 Å². The second kappa shape index (κ2) is 7.57. The van der Waals surface area contributed by atoms with Gasteiger partial charge in [0.15, 0.2) is 5.37 Å². The first-order valence-electron chi connectivity index (χ1n) is 7.87. The van der Waals surface area contributed by atoms with Crippen LogP contribution in [0.25, 0.3) is 0 Å². The van der Waals surface area contributed by atoms with Crippen molar-refractivity contribution in [1.29, 1.82) is 0 Å². The number of nitrogens with zero attached hydrogens (tertiary/aromatic N) is 1. The van der Waals surface area contributed by atoms with Gasteiger partial charge >= 0.3 is 0 Å². The van der Waals surface area contributed by atoms with E-state index < -0.39 is 5.37 Å². The Morgan fingerprint density at radius 3 is 2.36 bits per heavy atom. The van der Waals surface area contributed by atoms with E-state index in [-0.39, 0.29) is 17.0 Å². The van der Waals surface area contributed by atoms with Crippen LogP contribution >= 0.6 is 11.8 Å². The van der Waals surface area contributed by atoms with Gasteiger partial charge in [0.25, 0.3) is 11.1 Å². The fourth-order valence-corrected chi connectivity index (χ4v) is 3.35. The van der Waals surface area contributed by atoms with Crippen molar-refractivity contribution in [2.45, 2.75) is 12.3 Å². The van der Waals surface area contributed by atoms with Crippen molar-refractivity contribution in [1.82, 2.24) is 4.90 Å². The normalized spacial score (nSPS) is 17.0. The third-order valence-electron chi connectivity index (χ3n) is 3.79. The highest BCUT2D eigenvalue weighted by Gasteiger charge is 2.39. The average molecular weight is 359 g/mol. The number of carbonyl (C=O) groups is 2. The lowest BCUT2D eigenvalue weighted by molar-refractivity contribution is -0.126. The molecule has 130 valence electrons. The molecule has 2 aromatic carbocycles.